The van der Waals surface area contributed by atoms with E-state index in [1.54, 1.807) is 0 Å². The van der Waals surface area contributed by atoms with E-state index >= 15 is 0 Å². The number of aromatic nitrogens is 3. The summed E-state index contributed by atoms with van der Waals surface area (Å²) in [5.74, 6) is 1.90. The van der Waals surface area contributed by atoms with Gasteiger partial charge >= 0.3 is 0 Å². The minimum Gasteiger partial charge on any atom is -0.374 e. The summed E-state index contributed by atoms with van der Waals surface area (Å²) >= 11 is 0. The van der Waals surface area contributed by atoms with Crippen LogP contribution >= 0.6 is 0 Å². The van der Waals surface area contributed by atoms with Gasteiger partial charge < -0.3 is 15.2 Å². The molecule has 150 valence electrons. The normalized spacial score (nSPS) is 14.6. The Hall–Kier alpha value is -3.15. The second-order valence-corrected chi connectivity index (χ2v) is 7.71. The number of nitrogens with zero attached hydrogens (tertiary/aromatic N) is 3. The van der Waals surface area contributed by atoms with Crippen molar-refractivity contribution in [3.05, 3.63) is 59.9 Å². The Morgan fingerprint density at radius 3 is 2.72 bits per heavy atom. The molecule has 1 aliphatic rings. The first kappa shape index (κ1) is 19.2. The van der Waals surface area contributed by atoms with Gasteiger partial charge in [-0.2, -0.15) is 0 Å². The number of carbonyl (C=O) groups is 1. The van der Waals surface area contributed by atoms with Crippen molar-refractivity contribution in [2.75, 3.05) is 10.6 Å². The number of hydrogen-bond donors (Lipinski definition) is 2. The summed E-state index contributed by atoms with van der Waals surface area (Å²) in [7, 11) is 0. The van der Waals surface area contributed by atoms with E-state index in [9.17, 15) is 4.79 Å². The van der Waals surface area contributed by atoms with Crippen LogP contribution in [-0.4, -0.2) is 26.7 Å². The van der Waals surface area contributed by atoms with Crippen molar-refractivity contribution in [1.29, 1.82) is 0 Å². The standard InChI is InChI=1S/C23H27N5O/c1-16-8-6-10-19(14-16)25-23(29)17(2)24-20-11-7-9-18(15-20)22-27-26-21-12-4-3-5-13-28(21)22/h6-11,14-15,17,24H,3-5,12-13H2,1-2H3,(H,25,29)/t17-/m1/s1. The molecule has 1 atom stereocenters. The van der Waals surface area contributed by atoms with Crippen molar-refractivity contribution in [2.45, 2.75) is 52.1 Å². The third-order valence-corrected chi connectivity index (χ3v) is 5.29. The highest BCUT2D eigenvalue weighted by Gasteiger charge is 2.17. The van der Waals surface area contributed by atoms with Crippen LogP contribution in [0.4, 0.5) is 11.4 Å². The molecule has 6 heteroatoms. The molecule has 0 aliphatic carbocycles. The molecule has 29 heavy (non-hydrogen) atoms. The molecule has 4 rings (SSSR count). The van der Waals surface area contributed by atoms with Gasteiger partial charge in [-0.1, -0.05) is 30.7 Å². The van der Waals surface area contributed by atoms with Gasteiger partial charge in [0.25, 0.3) is 0 Å². The number of nitrogens with one attached hydrogen (secondary N) is 2. The first-order valence-electron chi connectivity index (χ1n) is 10.3. The van der Waals surface area contributed by atoms with Crippen LogP contribution in [0, 0.1) is 6.92 Å². The van der Waals surface area contributed by atoms with E-state index in [1.807, 2.05) is 62.4 Å². The molecule has 0 unspecified atom stereocenters. The van der Waals surface area contributed by atoms with Crippen molar-refractivity contribution in [2.24, 2.45) is 0 Å². The third-order valence-electron chi connectivity index (χ3n) is 5.29. The molecule has 3 aromatic rings. The van der Waals surface area contributed by atoms with Crippen molar-refractivity contribution >= 4 is 17.3 Å². The maximum absolute atomic E-state index is 12.6. The number of amides is 1. The zero-order valence-electron chi connectivity index (χ0n) is 17.0. The second-order valence-electron chi connectivity index (χ2n) is 7.71. The van der Waals surface area contributed by atoms with E-state index in [0.29, 0.717) is 0 Å². The van der Waals surface area contributed by atoms with Gasteiger partial charge in [-0.3, -0.25) is 4.79 Å². The quantitative estimate of drug-likeness (QED) is 0.678. The van der Waals surface area contributed by atoms with Crippen LogP contribution in [0.25, 0.3) is 11.4 Å². The Balaban J connectivity index is 1.48. The average molecular weight is 390 g/mol. The maximum Gasteiger partial charge on any atom is 0.246 e. The first-order valence-corrected chi connectivity index (χ1v) is 10.3. The van der Waals surface area contributed by atoms with Gasteiger partial charge in [-0.25, -0.2) is 0 Å². The van der Waals surface area contributed by atoms with Gasteiger partial charge in [0.2, 0.25) is 5.91 Å². The van der Waals surface area contributed by atoms with E-state index in [1.165, 1.54) is 12.8 Å². The highest BCUT2D eigenvalue weighted by molar-refractivity contribution is 5.96. The SMILES string of the molecule is Cc1cccc(NC(=O)[C@@H](C)Nc2cccc(-c3nnc4n3CCCCC4)c2)c1. The van der Waals surface area contributed by atoms with Crippen LogP contribution in [-0.2, 0) is 17.8 Å². The fraction of sp³-hybridized carbons (Fsp3) is 0.348. The van der Waals surface area contributed by atoms with E-state index < -0.39 is 0 Å². The average Bonchev–Trinajstić information content (AvgIpc) is 2.96. The topological polar surface area (TPSA) is 71.8 Å². The van der Waals surface area contributed by atoms with Crippen molar-refractivity contribution < 1.29 is 4.79 Å². The van der Waals surface area contributed by atoms with Gasteiger partial charge in [0, 0.05) is 29.9 Å². The lowest BCUT2D eigenvalue weighted by atomic mass is 10.1. The number of fused-ring (bicyclic) bond motifs is 1. The Morgan fingerprint density at radius 1 is 1.03 bits per heavy atom. The summed E-state index contributed by atoms with van der Waals surface area (Å²) < 4.78 is 2.24. The summed E-state index contributed by atoms with van der Waals surface area (Å²) in [6, 6.07) is 15.5. The Kier molecular flexibility index (Phi) is 5.60. The van der Waals surface area contributed by atoms with Crippen molar-refractivity contribution in [1.82, 2.24) is 14.8 Å². The lowest BCUT2D eigenvalue weighted by Gasteiger charge is -2.16. The number of carbonyl (C=O) groups excluding carboxylic acids is 1. The van der Waals surface area contributed by atoms with Crippen molar-refractivity contribution in [3.8, 4) is 11.4 Å². The van der Waals surface area contributed by atoms with Crippen LogP contribution in [0.2, 0.25) is 0 Å². The highest BCUT2D eigenvalue weighted by atomic mass is 16.2. The largest absolute Gasteiger partial charge is 0.374 e. The van der Waals surface area contributed by atoms with Gasteiger partial charge in [0.1, 0.15) is 11.9 Å². The first-order chi connectivity index (χ1) is 14.1. The third kappa shape index (κ3) is 4.47. The lowest BCUT2D eigenvalue weighted by molar-refractivity contribution is -0.116. The van der Waals surface area contributed by atoms with E-state index in [2.05, 4.69) is 25.4 Å². The summed E-state index contributed by atoms with van der Waals surface area (Å²) in [6.45, 7) is 4.83. The van der Waals surface area contributed by atoms with Gasteiger partial charge in [-0.05, 0) is 56.5 Å². The molecule has 0 fully saturated rings. The number of anilines is 2. The summed E-state index contributed by atoms with van der Waals surface area (Å²) in [5, 5.41) is 15.1. The Bertz CT molecular complexity index is 1010. The van der Waals surface area contributed by atoms with Gasteiger partial charge in [-0.15, -0.1) is 10.2 Å². The minimum absolute atomic E-state index is 0.0719. The minimum atomic E-state index is -0.374. The molecule has 1 aliphatic heterocycles. The lowest BCUT2D eigenvalue weighted by Crippen LogP contribution is -2.31. The molecule has 6 nitrogen and oxygen atoms in total. The number of benzene rings is 2. The predicted octanol–water partition coefficient (Wildman–Crippen LogP) is 4.42. The molecular weight excluding hydrogens is 362 g/mol. The molecule has 0 saturated heterocycles. The Morgan fingerprint density at radius 2 is 1.86 bits per heavy atom. The summed E-state index contributed by atoms with van der Waals surface area (Å²) in [4.78, 5) is 12.6. The molecule has 2 heterocycles. The number of aryl methyl sites for hydroxylation is 2. The maximum atomic E-state index is 12.6. The Labute approximate surface area is 171 Å². The van der Waals surface area contributed by atoms with Crippen molar-refractivity contribution in [3.63, 3.8) is 0 Å². The van der Waals surface area contributed by atoms with Gasteiger partial charge in [0.15, 0.2) is 5.82 Å². The molecule has 0 spiro atoms. The smallest absolute Gasteiger partial charge is 0.246 e. The van der Waals surface area contributed by atoms with Crippen LogP contribution in [0.3, 0.4) is 0 Å². The zero-order valence-corrected chi connectivity index (χ0v) is 17.0. The fourth-order valence-electron chi connectivity index (χ4n) is 3.74. The van der Waals surface area contributed by atoms with E-state index in [4.69, 9.17) is 0 Å². The van der Waals surface area contributed by atoms with Crippen LogP contribution in [0.1, 0.15) is 37.6 Å². The molecule has 0 saturated carbocycles. The zero-order chi connectivity index (χ0) is 20.2. The summed E-state index contributed by atoms with van der Waals surface area (Å²) in [6.07, 6.45) is 4.55. The highest BCUT2D eigenvalue weighted by Crippen LogP contribution is 2.25. The molecular formula is C23H27N5O. The fourth-order valence-corrected chi connectivity index (χ4v) is 3.74. The molecule has 2 N–H and O–H groups in total. The molecule has 2 aromatic carbocycles. The van der Waals surface area contributed by atoms with Crippen LogP contribution in [0.15, 0.2) is 48.5 Å². The summed E-state index contributed by atoms with van der Waals surface area (Å²) in [5.41, 5.74) is 3.83. The monoisotopic (exact) mass is 389 g/mol. The van der Waals surface area contributed by atoms with Crippen LogP contribution in [0.5, 0.6) is 0 Å². The molecule has 1 aromatic heterocycles. The van der Waals surface area contributed by atoms with E-state index in [-0.39, 0.29) is 11.9 Å². The molecule has 0 radical (unpaired) electrons. The number of rotatable bonds is 5. The number of hydrogen-bond acceptors (Lipinski definition) is 4. The molecule has 1 amide bonds. The van der Waals surface area contributed by atoms with Gasteiger partial charge in [0.05, 0.1) is 0 Å². The molecule has 0 bridgehead atoms. The van der Waals surface area contributed by atoms with E-state index in [0.717, 1.165) is 53.5 Å². The predicted molar refractivity (Wildman–Crippen MR) is 116 cm³/mol. The van der Waals surface area contributed by atoms with Crippen LogP contribution < -0.4 is 10.6 Å². The second kappa shape index (κ2) is 8.47.